The zero-order valence-corrected chi connectivity index (χ0v) is 13.0. The number of carbonyl (C=O) groups is 1. The van der Waals surface area contributed by atoms with Crippen LogP contribution < -0.4 is 5.32 Å². The molecule has 0 bridgehead atoms. The van der Waals surface area contributed by atoms with Gasteiger partial charge in [0.2, 0.25) is 0 Å². The summed E-state index contributed by atoms with van der Waals surface area (Å²) >= 11 is 3.31. The molecule has 0 aromatic heterocycles. The van der Waals surface area contributed by atoms with Gasteiger partial charge in [-0.25, -0.2) is 4.39 Å². The first-order chi connectivity index (χ1) is 10.1. The Labute approximate surface area is 131 Å². The van der Waals surface area contributed by atoms with Gasteiger partial charge in [0.05, 0.1) is 6.04 Å². The summed E-state index contributed by atoms with van der Waals surface area (Å²) < 4.78 is 13.7. The number of benzene rings is 2. The van der Waals surface area contributed by atoms with E-state index in [1.165, 1.54) is 23.3 Å². The zero-order valence-electron chi connectivity index (χ0n) is 11.4. The molecule has 1 N–H and O–H groups in total. The summed E-state index contributed by atoms with van der Waals surface area (Å²) in [5.74, 6) is -0.167. The highest BCUT2D eigenvalue weighted by molar-refractivity contribution is 9.10. The van der Waals surface area contributed by atoms with E-state index in [1.54, 1.807) is 6.07 Å². The van der Waals surface area contributed by atoms with E-state index in [1.807, 2.05) is 12.1 Å². The van der Waals surface area contributed by atoms with Crippen molar-refractivity contribution in [3.05, 3.63) is 69.4 Å². The van der Waals surface area contributed by atoms with Crippen LogP contribution in [0.2, 0.25) is 0 Å². The Hall–Kier alpha value is -1.52. The first kappa shape index (κ1) is 14.4. The van der Waals surface area contributed by atoms with E-state index in [-0.39, 0.29) is 17.6 Å². The Morgan fingerprint density at radius 1 is 1.24 bits per heavy atom. The minimum Gasteiger partial charge on any atom is -0.303 e. The van der Waals surface area contributed by atoms with Gasteiger partial charge in [-0.3, -0.25) is 4.79 Å². The van der Waals surface area contributed by atoms with E-state index in [4.69, 9.17) is 0 Å². The lowest BCUT2D eigenvalue weighted by molar-refractivity contribution is -0.120. The Balaban J connectivity index is 1.72. The molecule has 0 saturated carbocycles. The number of carbonyl (C=O) groups excluding carboxylic acids is 1. The summed E-state index contributed by atoms with van der Waals surface area (Å²) in [5, 5.41) is 3.29. The van der Waals surface area contributed by atoms with Crippen LogP contribution in [-0.4, -0.2) is 11.8 Å². The molecule has 2 nitrogen and oxygen atoms in total. The van der Waals surface area contributed by atoms with Crippen molar-refractivity contribution < 1.29 is 9.18 Å². The molecule has 1 atom stereocenters. The van der Waals surface area contributed by atoms with E-state index in [2.05, 4.69) is 33.4 Å². The molecular formula is C17H15BrFNO. The molecular weight excluding hydrogens is 333 g/mol. The van der Waals surface area contributed by atoms with Crippen LogP contribution in [0.25, 0.3) is 0 Å². The molecule has 1 heterocycles. The maximum Gasteiger partial charge on any atom is 0.154 e. The summed E-state index contributed by atoms with van der Waals surface area (Å²) in [4.78, 5) is 12.4. The van der Waals surface area contributed by atoms with Crippen molar-refractivity contribution in [1.82, 2.24) is 5.32 Å². The summed E-state index contributed by atoms with van der Waals surface area (Å²) in [6, 6.07) is 12.4. The van der Waals surface area contributed by atoms with Gasteiger partial charge in [-0.2, -0.15) is 0 Å². The maximum atomic E-state index is 13.1. The van der Waals surface area contributed by atoms with E-state index < -0.39 is 0 Å². The highest BCUT2D eigenvalue weighted by Gasteiger charge is 2.24. The van der Waals surface area contributed by atoms with Gasteiger partial charge in [0, 0.05) is 17.4 Å². The van der Waals surface area contributed by atoms with Crippen LogP contribution in [-0.2, 0) is 24.2 Å². The average molecular weight is 348 g/mol. The second kappa shape index (κ2) is 6.08. The molecule has 0 saturated heterocycles. The number of ketones is 1. The Bertz CT molecular complexity index is 686. The molecule has 1 aliphatic heterocycles. The van der Waals surface area contributed by atoms with E-state index >= 15 is 0 Å². The molecule has 3 rings (SSSR count). The minimum atomic E-state index is -0.303. The fourth-order valence-corrected chi connectivity index (χ4v) is 3.15. The van der Waals surface area contributed by atoms with Crippen LogP contribution >= 0.6 is 15.9 Å². The van der Waals surface area contributed by atoms with Gasteiger partial charge in [0.1, 0.15) is 5.82 Å². The summed E-state index contributed by atoms with van der Waals surface area (Å²) in [6.07, 6.45) is 1.02. The van der Waals surface area contributed by atoms with E-state index in [0.717, 1.165) is 12.1 Å². The zero-order chi connectivity index (χ0) is 14.8. The third-order valence-electron chi connectivity index (χ3n) is 3.85. The van der Waals surface area contributed by atoms with Crippen LogP contribution in [0.1, 0.15) is 16.7 Å². The standard InChI is InChI=1S/C17H15BrFNO/c18-15-9-14(19)6-5-12(15)8-17(21)16-7-11-3-1-2-4-13(11)10-20-16/h1-6,9,16,20H,7-8,10H2. The molecule has 2 aromatic rings. The van der Waals surface area contributed by atoms with E-state index in [9.17, 15) is 9.18 Å². The molecule has 0 spiro atoms. The minimum absolute atomic E-state index is 0.136. The lowest BCUT2D eigenvalue weighted by atomic mass is 9.91. The van der Waals surface area contributed by atoms with Crippen molar-refractivity contribution in [3.63, 3.8) is 0 Å². The second-order valence-corrected chi connectivity index (χ2v) is 6.14. The summed E-state index contributed by atoms with van der Waals surface area (Å²) in [5.41, 5.74) is 3.30. The summed E-state index contributed by atoms with van der Waals surface area (Å²) in [7, 11) is 0. The van der Waals surface area contributed by atoms with Gasteiger partial charge in [0.25, 0.3) is 0 Å². The van der Waals surface area contributed by atoms with Crippen LogP contribution in [0.15, 0.2) is 46.9 Å². The highest BCUT2D eigenvalue weighted by atomic mass is 79.9. The highest BCUT2D eigenvalue weighted by Crippen LogP contribution is 2.21. The molecule has 21 heavy (non-hydrogen) atoms. The third-order valence-corrected chi connectivity index (χ3v) is 4.59. The van der Waals surface area contributed by atoms with Crippen LogP contribution in [0.4, 0.5) is 4.39 Å². The first-order valence-corrected chi connectivity index (χ1v) is 7.69. The van der Waals surface area contributed by atoms with Gasteiger partial charge in [-0.05, 0) is 35.2 Å². The average Bonchev–Trinajstić information content (AvgIpc) is 2.49. The van der Waals surface area contributed by atoms with Crippen molar-refractivity contribution >= 4 is 21.7 Å². The smallest absolute Gasteiger partial charge is 0.154 e. The number of Topliss-reactive ketones (excluding diaryl/α,β-unsaturated/α-hetero) is 1. The number of rotatable bonds is 3. The van der Waals surface area contributed by atoms with Gasteiger partial charge in [-0.15, -0.1) is 0 Å². The van der Waals surface area contributed by atoms with Crippen molar-refractivity contribution in [1.29, 1.82) is 0 Å². The first-order valence-electron chi connectivity index (χ1n) is 6.90. The number of halogens is 2. The largest absolute Gasteiger partial charge is 0.303 e. The van der Waals surface area contributed by atoms with Crippen molar-refractivity contribution in [3.8, 4) is 0 Å². The van der Waals surface area contributed by atoms with E-state index in [0.29, 0.717) is 17.3 Å². The number of nitrogens with one attached hydrogen (secondary N) is 1. The Kier molecular flexibility index (Phi) is 4.17. The second-order valence-electron chi connectivity index (χ2n) is 5.29. The molecule has 1 aliphatic rings. The van der Waals surface area contributed by atoms with Gasteiger partial charge in [-0.1, -0.05) is 46.3 Å². The van der Waals surface area contributed by atoms with Crippen molar-refractivity contribution in [2.24, 2.45) is 0 Å². The predicted octanol–water partition coefficient (Wildman–Crippen LogP) is 3.41. The Morgan fingerprint density at radius 2 is 2.00 bits per heavy atom. The quantitative estimate of drug-likeness (QED) is 0.921. The van der Waals surface area contributed by atoms with Crippen molar-refractivity contribution in [2.45, 2.75) is 25.4 Å². The van der Waals surface area contributed by atoms with Crippen LogP contribution in [0.5, 0.6) is 0 Å². The molecule has 0 amide bonds. The molecule has 1 unspecified atom stereocenters. The fraction of sp³-hybridized carbons (Fsp3) is 0.235. The SMILES string of the molecule is O=C(Cc1ccc(F)cc1Br)C1Cc2ccccc2CN1. The monoisotopic (exact) mass is 347 g/mol. The van der Waals surface area contributed by atoms with Gasteiger partial charge >= 0.3 is 0 Å². The fourth-order valence-electron chi connectivity index (χ4n) is 2.66. The third kappa shape index (κ3) is 3.22. The molecule has 2 aromatic carbocycles. The van der Waals surface area contributed by atoms with Gasteiger partial charge in [0.15, 0.2) is 5.78 Å². The van der Waals surface area contributed by atoms with Gasteiger partial charge < -0.3 is 5.32 Å². The molecule has 108 valence electrons. The van der Waals surface area contributed by atoms with Crippen molar-refractivity contribution in [2.75, 3.05) is 0 Å². The number of hydrogen-bond acceptors (Lipinski definition) is 2. The Morgan fingerprint density at radius 3 is 2.76 bits per heavy atom. The lowest BCUT2D eigenvalue weighted by Gasteiger charge is -2.25. The van der Waals surface area contributed by atoms with Crippen LogP contribution in [0.3, 0.4) is 0 Å². The molecule has 0 radical (unpaired) electrons. The number of fused-ring (bicyclic) bond motifs is 1. The lowest BCUT2D eigenvalue weighted by Crippen LogP contribution is -2.42. The van der Waals surface area contributed by atoms with Crippen LogP contribution in [0, 0.1) is 5.82 Å². The maximum absolute atomic E-state index is 13.1. The topological polar surface area (TPSA) is 29.1 Å². The summed E-state index contributed by atoms with van der Waals surface area (Å²) in [6.45, 7) is 0.719. The number of hydrogen-bond donors (Lipinski definition) is 1. The molecule has 4 heteroatoms. The predicted molar refractivity (Wildman–Crippen MR) is 83.6 cm³/mol. The molecule has 0 fully saturated rings. The normalized spacial score (nSPS) is 17.3. The molecule has 0 aliphatic carbocycles.